The Hall–Kier alpha value is -1.11. The van der Waals surface area contributed by atoms with Crippen LogP contribution in [0.1, 0.15) is 10.4 Å². The molecule has 5 nitrogen and oxygen atoms in total. The second-order valence-corrected chi connectivity index (χ2v) is 5.79. The molecule has 1 aliphatic heterocycles. The normalized spacial score (nSPS) is 20.6. The molecule has 1 amide bonds. The highest BCUT2D eigenvalue weighted by Gasteiger charge is 2.26. The number of likely N-dealkylation sites (N-methyl/N-ethyl adjacent to an activating group) is 1. The SMILES string of the molecule is CN1CCN(c2ccc(Br)cc2C(N)=O)C(CN)C1. The quantitative estimate of drug-likeness (QED) is 0.854. The minimum atomic E-state index is -0.411. The third-order valence-electron chi connectivity index (χ3n) is 3.49. The highest BCUT2D eigenvalue weighted by molar-refractivity contribution is 9.10. The summed E-state index contributed by atoms with van der Waals surface area (Å²) in [6.07, 6.45) is 0. The number of primary amides is 1. The van der Waals surface area contributed by atoms with Crippen molar-refractivity contribution in [1.29, 1.82) is 0 Å². The third kappa shape index (κ3) is 3.08. The van der Waals surface area contributed by atoms with E-state index in [1.165, 1.54) is 0 Å². The Morgan fingerprint density at radius 1 is 1.47 bits per heavy atom. The summed E-state index contributed by atoms with van der Waals surface area (Å²) in [6, 6.07) is 5.83. The van der Waals surface area contributed by atoms with Gasteiger partial charge in [-0.25, -0.2) is 0 Å². The number of nitrogens with two attached hydrogens (primary N) is 2. The van der Waals surface area contributed by atoms with Crippen molar-refractivity contribution in [2.75, 3.05) is 38.1 Å². The van der Waals surface area contributed by atoms with Crippen LogP contribution in [0.5, 0.6) is 0 Å². The van der Waals surface area contributed by atoms with Crippen LogP contribution in [-0.4, -0.2) is 50.1 Å². The summed E-state index contributed by atoms with van der Waals surface area (Å²) in [5.41, 5.74) is 12.7. The number of hydrogen-bond donors (Lipinski definition) is 2. The monoisotopic (exact) mass is 326 g/mol. The molecule has 2 rings (SSSR count). The number of hydrogen-bond acceptors (Lipinski definition) is 4. The molecule has 0 bridgehead atoms. The second kappa shape index (κ2) is 5.90. The molecule has 104 valence electrons. The Balaban J connectivity index is 2.37. The highest BCUT2D eigenvalue weighted by atomic mass is 79.9. The molecule has 1 aromatic carbocycles. The lowest BCUT2D eigenvalue weighted by Crippen LogP contribution is -2.55. The summed E-state index contributed by atoms with van der Waals surface area (Å²) in [7, 11) is 2.08. The lowest BCUT2D eigenvalue weighted by atomic mass is 10.1. The number of nitrogens with zero attached hydrogens (tertiary/aromatic N) is 2. The molecule has 0 aliphatic carbocycles. The fourth-order valence-corrected chi connectivity index (χ4v) is 2.85. The highest BCUT2D eigenvalue weighted by Crippen LogP contribution is 2.27. The van der Waals surface area contributed by atoms with Crippen LogP contribution in [0.3, 0.4) is 0 Å². The summed E-state index contributed by atoms with van der Waals surface area (Å²) in [5, 5.41) is 0. The van der Waals surface area contributed by atoms with Gasteiger partial charge >= 0.3 is 0 Å². The standard InChI is InChI=1S/C13H19BrN4O/c1-17-4-5-18(10(7-15)8-17)12-3-2-9(14)6-11(12)13(16)19/h2-3,6,10H,4-5,7-8,15H2,1H3,(H2,16,19). The number of amides is 1. The van der Waals surface area contributed by atoms with Crippen LogP contribution in [-0.2, 0) is 0 Å². The summed E-state index contributed by atoms with van der Waals surface area (Å²) in [4.78, 5) is 16.0. The Kier molecular flexibility index (Phi) is 4.44. The number of rotatable bonds is 3. The third-order valence-corrected chi connectivity index (χ3v) is 3.98. The van der Waals surface area contributed by atoms with Gasteiger partial charge in [0.1, 0.15) is 0 Å². The Bertz CT molecular complexity index is 480. The molecule has 0 radical (unpaired) electrons. The van der Waals surface area contributed by atoms with Gasteiger partial charge in [0.05, 0.1) is 11.6 Å². The zero-order valence-electron chi connectivity index (χ0n) is 11.0. The summed E-state index contributed by atoms with van der Waals surface area (Å²) >= 11 is 3.37. The maximum Gasteiger partial charge on any atom is 0.250 e. The predicted molar refractivity (Wildman–Crippen MR) is 80.3 cm³/mol. The van der Waals surface area contributed by atoms with Crippen LogP contribution in [0.4, 0.5) is 5.69 Å². The Morgan fingerprint density at radius 2 is 2.21 bits per heavy atom. The summed E-state index contributed by atoms with van der Waals surface area (Å²) in [5.74, 6) is -0.411. The molecule has 1 atom stereocenters. The number of carbonyl (C=O) groups is 1. The number of carbonyl (C=O) groups excluding carboxylic acids is 1. The molecule has 0 aromatic heterocycles. The Labute approximate surface area is 121 Å². The molecule has 1 saturated heterocycles. The van der Waals surface area contributed by atoms with Crippen LogP contribution in [0.2, 0.25) is 0 Å². The van der Waals surface area contributed by atoms with E-state index in [1.54, 1.807) is 6.07 Å². The first-order valence-electron chi connectivity index (χ1n) is 6.27. The maximum atomic E-state index is 11.6. The van der Waals surface area contributed by atoms with Crippen molar-refractivity contribution in [1.82, 2.24) is 4.90 Å². The van der Waals surface area contributed by atoms with E-state index in [9.17, 15) is 4.79 Å². The minimum Gasteiger partial charge on any atom is -0.366 e. The van der Waals surface area contributed by atoms with E-state index < -0.39 is 5.91 Å². The van der Waals surface area contributed by atoms with Crippen LogP contribution < -0.4 is 16.4 Å². The van der Waals surface area contributed by atoms with Crippen molar-refractivity contribution in [3.8, 4) is 0 Å². The first kappa shape index (κ1) is 14.3. The van der Waals surface area contributed by atoms with Gasteiger partial charge < -0.3 is 21.3 Å². The van der Waals surface area contributed by atoms with Gasteiger partial charge in [-0.05, 0) is 25.2 Å². The molecule has 0 spiro atoms. The summed E-state index contributed by atoms with van der Waals surface area (Å²) in [6.45, 7) is 3.24. The minimum absolute atomic E-state index is 0.207. The largest absolute Gasteiger partial charge is 0.366 e. The van der Waals surface area contributed by atoms with Gasteiger partial charge in [0.15, 0.2) is 0 Å². The average molecular weight is 327 g/mol. The fourth-order valence-electron chi connectivity index (χ4n) is 2.49. The van der Waals surface area contributed by atoms with Gasteiger partial charge in [-0.1, -0.05) is 15.9 Å². The maximum absolute atomic E-state index is 11.6. The van der Waals surface area contributed by atoms with Crippen LogP contribution in [0, 0.1) is 0 Å². The van der Waals surface area contributed by atoms with Crippen molar-refractivity contribution >= 4 is 27.5 Å². The smallest absolute Gasteiger partial charge is 0.250 e. The molecule has 1 aliphatic rings. The van der Waals surface area contributed by atoms with Crippen molar-refractivity contribution in [2.24, 2.45) is 11.5 Å². The topological polar surface area (TPSA) is 75.6 Å². The molecular formula is C13H19BrN4O. The van der Waals surface area contributed by atoms with E-state index in [4.69, 9.17) is 11.5 Å². The number of anilines is 1. The molecule has 1 heterocycles. The van der Waals surface area contributed by atoms with Crippen molar-refractivity contribution in [2.45, 2.75) is 6.04 Å². The van der Waals surface area contributed by atoms with Gasteiger partial charge in [-0.15, -0.1) is 0 Å². The van der Waals surface area contributed by atoms with E-state index in [1.807, 2.05) is 12.1 Å². The van der Waals surface area contributed by atoms with E-state index in [0.29, 0.717) is 12.1 Å². The van der Waals surface area contributed by atoms with Gasteiger partial charge in [0, 0.05) is 36.3 Å². The second-order valence-electron chi connectivity index (χ2n) is 4.87. The van der Waals surface area contributed by atoms with E-state index in [0.717, 1.165) is 29.8 Å². The van der Waals surface area contributed by atoms with Gasteiger partial charge in [0.2, 0.25) is 0 Å². The molecule has 6 heteroatoms. The molecular weight excluding hydrogens is 308 g/mol. The zero-order chi connectivity index (χ0) is 14.0. The molecule has 0 saturated carbocycles. The Morgan fingerprint density at radius 3 is 2.84 bits per heavy atom. The number of piperazine rings is 1. The van der Waals surface area contributed by atoms with E-state index >= 15 is 0 Å². The van der Waals surface area contributed by atoms with Gasteiger partial charge in [0.25, 0.3) is 5.91 Å². The molecule has 19 heavy (non-hydrogen) atoms. The van der Waals surface area contributed by atoms with Crippen LogP contribution in [0.25, 0.3) is 0 Å². The number of halogens is 1. The van der Waals surface area contributed by atoms with Gasteiger partial charge in [-0.2, -0.15) is 0 Å². The first-order valence-corrected chi connectivity index (χ1v) is 7.07. The molecule has 1 fully saturated rings. The molecule has 1 aromatic rings. The fraction of sp³-hybridized carbons (Fsp3) is 0.462. The van der Waals surface area contributed by atoms with Gasteiger partial charge in [-0.3, -0.25) is 4.79 Å². The lowest BCUT2D eigenvalue weighted by Gasteiger charge is -2.41. The first-order chi connectivity index (χ1) is 9.02. The van der Waals surface area contributed by atoms with Crippen molar-refractivity contribution in [3.05, 3.63) is 28.2 Å². The van der Waals surface area contributed by atoms with E-state index in [2.05, 4.69) is 32.8 Å². The zero-order valence-corrected chi connectivity index (χ0v) is 12.6. The van der Waals surface area contributed by atoms with Crippen LogP contribution >= 0.6 is 15.9 Å². The average Bonchev–Trinajstić information content (AvgIpc) is 2.38. The molecule has 4 N–H and O–H groups in total. The predicted octanol–water partition coefficient (Wildman–Crippen LogP) is 0.627. The van der Waals surface area contributed by atoms with Crippen molar-refractivity contribution < 1.29 is 4.79 Å². The van der Waals surface area contributed by atoms with E-state index in [-0.39, 0.29) is 6.04 Å². The summed E-state index contributed by atoms with van der Waals surface area (Å²) < 4.78 is 0.850. The number of benzene rings is 1. The van der Waals surface area contributed by atoms with Crippen molar-refractivity contribution in [3.63, 3.8) is 0 Å². The van der Waals surface area contributed by atoms with Crippen LogP contribution in [0.15, 0.2) is 22.7 Å². The lowest BCUT2D eigenvalue weighted by molar-refractivity contribution is 0.100. The molecule has 1 unspecified atom stereocenters.